The lowest BCUT2D eigenvalue weighted by Crippen LogP contribution is -2.34. The van der Waals surface area contributed by atoms with Gasteiger partial charge in [-0.15, -0.1) is 0 Å². The topological polar surface area (TPSA) is 81.7 Å². The largest absolute Gasteiger partial charge is 0.508 e. The van der Waals surface area contributed by atoms with E-state index in [0.29, 0.717) is 11.1 Å². The van der Waals surface area contributed by atoms with Crippen LogP contribution in [0.5, 0.6) is 5.75 Å². The summed E-state index contributed by atoms with van der Waals surface area (Å²) in [5.74, 6) is -0.467. The Morgan fingerprint density at radius 1 is 0.967 bits per heavy atom. The van der Waals surface area contributed by atoms with Crippen LogP contribution in [0.3, 0.4) is 0 Å². The monoisotopic (exact) mass is 399 g/mol. The molecule has 150 valence electrons. The quantitative estimate of drug-likeness (QED) is 0.458. The van der Waals surface area contributed by atoms with Gasteiger partial charge < -0.3 is 10.5 Å². The van der Waals surface area contributed by atoms with Gasteiger partial charge in [-0.05, 0) is 67.4 Å². The Bertz CT molecular complexity index is 1150. The van der Waals surface area contributed by atoms with Crippen LogP contribution in [-0.4, -0.2) is 16.9 Å². The summed E-state index contributed by atoms with van der Waals surface area (Å²) in [4.78, 5) is 27.2. The molecule has 6 nitrogen and oxygen atoms in total. The van der Waals surface area contributed by atoms with Crippen molar-refractivity contribution in [3.05, 3.63) is 95.2 Å². The van der Waals surface area contributed by atoms with E-state index in [2.05, 4.69) is 16.9 Å². The number of phenols is 1. The second-order valence-electron chi connectivity index (χ2n) is 7.21. The number of fused-ring (bicyclic) bond motifs is 1. The number of rotatable bonds is 4. The summed E-state index contributed by atoms with van der Waals surface area (Å²) in [6.45, 7) is 4.00. The summed E-state index contributed by atoms with van der Waals surface area (Å²) in [6.07, 6.45) is 1.50. The van der Waals surface area contributed by atoms with Gasteiger partial charge in [-0.2, -0.15) is 0 Å². The van der Waals surface area contributed by atoms with Crippen LogP contribution in [0, 0.1) is 13.8 Å². The average Bonchev–Trinajstić information content (AvgIpc) is 2.99. The fraction of sp³-hybridized carbons (Fsp3) is 0.0833. The minimum atomic E-state index is -0.378. The smallest absolute Gasteiger partial charge is 0.269 e. The molecule has 4 rings (SSSR count). The Balaban J connectivity index is 1.60. The van der Waals surface area contributed by atoms with Gasteiger partial charge >= 0.3 is 0 Å². The van der Waals surface area contributed by atoms with Crippen LogP contribution in [0.1, 0.15) is 27.0 Å². The Kier molecular flexibility index (Phi) is 4.98. The van der Waals surface area contributed by atoms with Gasteiger partial charge in [0, 0.05) is 23.0 Å². The van der Waals surface area contributed by atoms with Gasteiger partial charge in [-0.25, -0.2) is 0 Å². The zero-order valence-corrected chi connectivity index (χ0v) is 16.6. The van der Waals surface area contributed by atoms with Gasteiger partial charge in [0.2, 0.25) is 0 Å². The Labute approximate surface area is 174 Å². The van der Waals surface area contributed by atoms with E-state index in [4.69, 9.17) is 0 Å². The average molecular weight is 399 g/mol. The zero-order chi connectivity index (χ0) is 21.3. The lowest BCUT2D eigenvalue weighted by atomic mass is 10.1. The first-order valence-electron chi connectivity index (χ1n) is 9.51. The number of amides is 2. The number of hydrazine groups is 1. The van der Waals surface area contributed by atoms with Crippen molar-refractivity contribution >= 4 is 28.8 Å². The molecule has 30 heavy (non-hydrogen) atoms. The molecule has 0 unspecified atom stereocenters. The highest BCUT2D eigenvalue weighted by atomic mass is 16.3. The van der Waals surface area contributed by atoms with E-state index in [1.165, 1.54) is 30.5 Å². The number of carbonyl (C=O) groups is 2. The molecule has 2 amide bonds. The number of nitrogens with one attached hydrogen (secondary N) is 2. The molecule has 0 atom stereocenters. The van der Waals surface area contributed by atoms with Crippen LogP contribution in [-0.2, 0) is 4.79 Å². The molecule has 0 saturated carbocycles. The number of hydrogen-bond acceptors (Lipinski definition) is 4. The molecule has 0 aromatic heterocycles. The van der Waals surface area contributed by atoms with Crippen LogP contribution < -0.4 is 15.8 Å². The molecule has 0 fully saturated rings. The molecule has 0 bridgehead atoms. The summed E-state index contributed by atoms with van der Waals surface area (Å²) in [6, 6.07) is 19.5. The van der Waals surface area contributed by atoms with E-state index in [0.717, 1.165) is 28.1 Å². The summed E-state index contributed by atoms with van der Waals surface area (Å²) in [5, 5.41) is 9.33. The molecular weight excluding hydrogens is 378 g/mol. The Morgan fingerprint density at radius 3 is 2.33 bits per heavy atom. The van der Waals surface area contributed by atoms with Gasteiger partial charge in [0.25, 0.3) is 11.8 Å². The van der Waals surface area contributed by atoms with Crippen molar-refractivity contribution in [3.8, 4) is 5.75 Å². The lowest BCUT2D eigenvalue weighted by molar-refractivity contribution is -0.112. The van der Waals surface area contributed by atoms with Crippen molar-refractivity contribution in [1.82, 2.24) is 10.9 Å². The molecule has 3 aromatic carbocycles. The van der Waals surface area contributed by atoms with Crippen LogP contribution in [0.25, 0.3) is 5.57 Å². The minimum Gasteiger partial charge on any atom is -0.508 e. The number of nitrogens with zero attached hydrogens (tertiary/aromatic N) is 1. The van der Waals surface area contributed by atoms with Crippen LogP contribution in [0.4, 0.5) is 11.4 Å². The molecule has 1 aliphatic heterocycles. The molecule has 1 heterocycles. The molecular formula is C24H21N3O3. The van der Waals surface area contributed by atoms with Crippen LogP contribution in [0.15, 0.2) is 72.9 Å². The highest BCUT2D eigenvalue weighted by molar-refractivity contribution is 6.35. The highest BCUT2D eigenvalue weighted by Gasteiger charge is 2.33. The minimum absolute atomic E-state index is 0.0845. The first-order chi connectivity index (χ1) is 14.4. The number of phenolic OH excluding ortho intramolecular Hbond substituents is 1. The predicted octanol–water partition coefficient (Wildman–Crippen LogP) is 3.96. The van der Waals surface area contributed by atoms with Crippen LogP contribution >= 0.6 is 0 Å². The first kappa shape index (κ1) is 19.3. The van der Waals surface area contributed by atoms with Gasteiger partial charge in [0.05, 0.1) is 11.3 Å². The SMILES string of the molecule is Cc1cc(C)cc(N2C(=O)/C(=C\NNC(=O)c3ccc(O)cc3)c3ccccc32)c1. The van der Waals surface area contributed by atoms with Crippen molar-refractivity contribution in [2.45, 2.75) is 13.8 Å². The van der Waals surface area contributed by atoms with Gasteiger partial charge in [0.15, 0.2) is 0 Å². The lowest BCUT2D eigenvalue weighted by Gasteiger charge is -2.18. The maximum atomic E-state index is 13.2. The van der Waals surface area contributed by atoms with E-state index in [9.17, 15) is 14.7 Å². The number of anilines is 2. The maximum Gasteiger partial charge on any atom is 0.269 e. The Hall–Kier alpha value is -4.06. The number of carbonyl (C=O) groups excluding carboxylic acids is 2. The number of aromatic hydroxyl groups is 1. The Morgan fingerprint density at radius 2 is 1.63 bits per heavy atom. The number of benzene rings is 3. The van der Waals surface area contributed by atoms with E-state index in [1.54, 1.807) is 4.90 Å². The molecule has 3 N–H and O–H groups in total. The third kappa shape index (κ3) is 3.63. The fourth-order valence-corrected chi connectivity index (χ4v) is 3.58. The highest BCUT2D eigenvalue weighted by Crippen LogP contribution is 2.41. The summed E-state index contributed by atoms with van der Waals surface area (Å²) < 4.78 is 0. The van der Waals surface area contributed by atoms with Gasteiger partial charge in [0.1, 0.15) is 5.75 Å². The van der Waals surface area contributed by atoms with Gasteiger partial charge in [-0.1, -0.05) is 24.3 Å². The summed E-state index contributed by atoms with van der Waals surface area (Å²) in [7, 11) is 0. The van der Waals surface area contributed by atoms with Crippen molar-refractivity contribution in [2.24, 2.45) is 0 Å². The molecule has 0 saturated heterocycles. The number of aryl methyl sites for hydroxylation is 2. The third-order valence-corrected chi connectivity index (χ3v) is 4.86. The zero-order valence-electron chi connectivity index (χ0n) is 16.6. The fourth-order valence-electron chi connectivity index (χ4n) is 3.58. The maximum absolute atomic E-state index is 13.2. The van der Waals surface area contributed by atoms with Crippen molar-refractivity contribution < 1.29 is 14.7 Å². The number of para-hydroxylation sites is 1. The summed E-state index contributed by atoms with van der Waals surface area (Å²) >= 11 is 0. The second kappa shape index (κ2) is 7.75. The van der Waals surface area contributed by atoms with E-state index >= 15 is 0 Å². The standard InChI is InChI=1S/C24H21N3O3/c1-15-11-16(2)13-18(12-15)27-22-6-4-3-5-20(22)21(24(27)30)14-25-26-23(29)17-7-9-19(28)10-8-17/h3-14,25,28H,1-2H3,(H,26,29)/b21-14-. The van der Waals surface area contributed by atoms with Gasteiger partial charge in [-0.3, -0.25) is 19.9 Å². The third-order valence-electron chi connectivity index (χ3n) is 4.86. The van der Waals surface area contributed by atoms with E-state index in [-0.39, 0.29) is 17.6 Å². The predicted molar refractivity (Wildman–Crippen MR) is 116 cm³/mol. The molecule has 0 spiro atoms. The van der Waals surface area contributed by atoms with E-state index < -0.39 is 0 Å². The van der Waals surface area contributed by atoms with Crippen molar-refractivity contribution in [2.75, 3.05) is 4.90 Å². The molecule has 1 aliphatic rings. The van der Waals surface area contributed by atoms with Crippen molar-refractivity contribution in [3.63, 3.8) is 0 Å². The second-order valence-corrected chi connectivity index (χ2v) is 7.21. The van der Waals surface area contributed by atoms with Crippen LogP contribution in [0.2, 0.25) is 0 Å². The normalized spacial score (nSPS) is 14.0. The molecule has 0 aliphatic carbocycles. The molecule has 0 radical (unpaired) electrons. The molecule has 3 aromatic rings. The first-order valence-corrected chi connectivity index (χ1v) is 9.51. The number of hydrogen-bond donors (Lipinski definition) is 3. The van der Waals surface area contributed by atoms with Crippen molar-refractivity contribution in [1.29, 1.82) is 0 Å². The molecule has 6 heteroatoms. The summed E-state index contributed by atoms with van der Waals surface area (Å²) in [5.41, 5.74) is 10.7. The van der Waals surface area contributed by atoms with E-state index in [1.807, 2.05) is 50.2 Å².